The maximum absolute atomic E-state index is 12.1. The second-order valence-electron chi connectivity index (χ2n) is 4.30. The fourth-order valence-corrected chi connectivity index (χ4v) is 4.69. The van der Waals surface area contributed by atoms with Crippen molar-refractivity contribution in [3.63, 3.8) is 0 Å². The molecule has 0 N–H and O–H groups in total. The third kappa shape index (κ3) is 3.52. The van der Waals surface area contributed by atoms with E-state index >= 15 is 0 Å². The Morgan fingerprint density at radius 3 is 2.78 bits per heavy atom. The van der Waals surface area contributed by atoms with Crippen molar-refractivity contribution in [2.24, 2.45) is 0 Å². The first-order valence-corrected chi connectivity index (χ1v) is 8.83. The SMILES string of the molecule is CC(C)n1ccc(CS(=O)Cc2sccc2Br)n1. The van der Waals surface area contributed by atoms with Gasteiger partial charge in [-0.25, -0.2) is 0 Å². The molecule has 0 aliphatic heterocycles. The summed E-state index contributed by atoms with van der Waals surface area (Å²) in [5.74, 6) is 1.11. The molecule has 18 heavy (non-hydrogen) atoms. The van der Waals surface area contributed by atoms with Crippen LogP contribution >= 0.6 is 27.3 Å². The smallest absolute Gasteiger partial charge is 0.0749 e. The first-order chi connectivity index (χ1) is 8.56. The van der Waals surface area contributed by atoms with Crippen molar-refractivity contribution in [2.45, 2.75) is 31.4 Å². The van der Waals surface area contributed by atoms with Crippen LogP contribution in [0.25, 0.3) is 0 Å². The Morgan fingerprint density at radius 1 is 1.44 bits per heavy atom. The molecular weight excluding hydrogens is 332 g/mol. The molecule has 0 spiro atoms. The number of thiophene rings is 1. The average Bonchev–Trinajstić information content (AvgIpc) is 2.89. The summed E-state index contributed by atoms with van der Waals surface area (Å²) in [6.07, 6.45) is 1.94. The first kappa shape index (κ1) is 14.0. The maximum atomic E-state index is 12.1. The van der Waals surface area contributed by atoms with Gasteiger partial charge in [0.15, 0.2) is 0 Å². The summed E-state index contributed by atoms with van der Waals surface area (Å²) in [6.45, 7) is 4.16. The van der Waals surface area contributed by atoms with Crippen LogP contribution in [0.3, 0.4) is 0 Å². The molecule has 1 atom stereocenters. The largest absolute Gasteiger partial charge is 0.270 e. The molecule has 0 aliphatic rings. The second kappa shape index (κ2) is 6.12. The van der Waals surface area contributed by atoms with Gasteiger partial charge < -0.3 is 0 Å². The fourth-order valence-electron chi connectivity index (χ4n) is 1.53. The lowest BCUT2D eigenvalue weighted by Gasteiger charge is -2.03. The quantitative estimate of drug-likeness (QED) is 0.826. The molecule has 1 unspecified atom stereocenters. The molecule has 2 heterocycles. The zero-order valence-corrected chi connectivity index (χ0v) is 13.5. The normalized spacial score (nSPS) is 13.1. The summed E-state index contributed by atoms with van der Waals surface area (Å²) in [7, 11) is -0.906. The van der Waals surface area contributed by atoms with Gasteiger partial charge in [0.25, 0.3) is 0 Å². The molecule has 0 aromatic carbocycles. The molecule has 2 aromatic heterocycles. The van der Waals surface area contributed by atoms with Crippen molar-refractivity contribution >= 4 is 38.1 Å². The highest BCUT2D eigenvalue weighted by molar-refractivity contribution is 9.10. The molecule has 0 fully saturated rings. The zero-order chi connectivity index (χ0) is 13.1. The Morgan fingerprint density at radius 2 is 2.22 bits per heavy atom. The third-order valence-corrected chi connectivity index (χ3v) is 5.82. The predicted octanol–water partition coefficient (Wildman–Crippen LogP) is 3.74. The minimum Gasteiger partial charge on any atom is -0.270 e. The van der Waals surface area contributed by atoms with Crippen LogP contribution in [0, 0.1) is 0 Å². The van der Waals surface area contributed by atoms with Crippen LogP contribution in [0.15, 0.2) is 28.2 Å². The molecule has 0 aliphatic carbocycles. The highest BCUT2D eigenvalue weighted by atomic mass is 79.9. The maximum Gasteiger partial charge on any atom is 0.0749 e. The Balaban J connectivity index is 1.97. The van der Waals surface area contributed by atoms with E-state index in [1.807, 2.05) is 28.4 Å². The standard InChI is InChI=1S/C12H15BrN2OS2/c1-9(2)15-5-3-10(14-15)7-18(16)8-12-11(13)4-6-17-12/h3-6,9H,7-8H2,1-2H3. The van der Waals surface area contributed by atoms with Gasteiger partial charge in [0.2, 0.25) is 0 Å². The monoisotopic (exact) mass is 346 g/mol. The van der Waals surface area contributed by atoms with Crippen molar-refractivity contribution in [1.82, 2.24) is 9.78 Å². The van der Waals surface area contributed by atoms with Crippen LogP contribution in [0.5, 0.6) is 0 Å². The van der Waals surface area contributed by atoms with Gasteiger partial charge >= 0.3 is 0 Å². The average molecular weight is 347 g/mol. The van der Waals surface area contributed by atoms with Crippen LogP contribution in [0.1, 0.15) is 30.5 Å². The van der Waals surface area contributed by atoms with Crippen LogP contribution in [0.4, 0.5) is 0 Å². The van der Waals surface area contributed by atoms with Crippen molar-refractivity contribution in [1.29, 1.82) is 0 Å². The molecule has 2 aromatic rings. The van der Waals surface area contributed by atoms with Gasteiger partial charge in [0.1, 0.15) is 0 Å². The minimum absolute atomic E-state index is 0.346. The first-order valence-electron chi connectivity index (χ1n) is 5.67. The van der Waals surface area contributed by atoms with E-state index in [4.69, 9.17) is 0 Å². The van der Waals surface area contributed by atoms with Crippen LogP contribution in [-0.4, -0.2) is 14.0 Å². The number of aromatic nitrogens is 2. The van der Waals surface area contributed by atoms with Gasteiger partial charge in [0, 0.05) is 32.4 Å². The third-order valence-electron chi connectivity index (χ3n) is 2.48. The Bertz CT molecular complexity index is 548. The summed E-state index contributed by atoms with van der Waals surface area (Å²) >= 11 is 5.09. The molecule has 0 amide bonds. The molecule has 0 radical (unpaired) electrons. The van der Waals surface area contributed by atoms with Gasteiger partial charge in [-0.3, -0.25) is 8.89 Å². The molecule has 2 rings (SSSR count). The van der Waals surface area contributed by atoms with E-state index < -0.39 is 10.8 Å². The van der Waals surface area contributed by atoms with Gasteiger partial charge in [-0.15, -0.1) is 11.3 Å². The lowest BCUT2D eigenvalue weighted by molar-refractivity contribution is 0.528. The number of nitrogens with zero attached hydrogens (tertiary/aromatic N) is 2. The van der Waals surface area contributed by atoms with Crippen LogP contribution < -0.4 is 0 Å². The molecule has 98 valence electrons. The van der Waals surface area contributed by atoms with E-state index in [0.717, 1.165) is 15.0 Å². The van der Waals surface area contributed by atoms with E-state index in [1.54, 1.807) is 11.3 Å². The molecule has 6 heteroatoms. The minimum atomic E-state index is -0.906. The lowest BCUT2D eigenvalue weighted by Crippen LogP contribution is -2.04. The van der Waals surface area contributed by atoms with Crippen LogP contribution in [0.2, 0.25) is 0 Å². The number of rotatable bonds is 5. The predicted molar refractivity (Wildman–Crippen MR) is 80.2 cm³/mol. The summed E-state index contributed by atoms with van der Waals surface area (Å²) in [5, 5.41) is 6.42. The topological polar surface area (TPSA) is 34.9 Å². The molecule has 0 saturated carbocycles. The van der Waals surface area contributed by atoms with Crippen molar-refractivity contribution in [3.05, 3.63) is 38.8 Å². The van der Waals surface area contributed by atoms with E-state index in [9.17, 15) is 4.21 Å². The zero-order valence-electron chi connectivity index (χ0n) is 10.3. The lowest BCUT2D eigenvalue weighted by atomic mass is 10.4. The number of hydrogen-bond donors (Lipinski definition) is 0. The van der Waals surface area contributed by atoms with E-state index in [2.05, 4.69) is 34.9 Å². The van der Waals surface area contributed by atoms with Gasteiger partial charge in [-0.05, 0) is 47.3 Å². The fraction of sp³-hybridized carbons (Fsp3) is 0.417. The van der Waals surface area contributed by atoms with E-state index in [1.165, 1.54) is 0 Å². The summed E-state index contributed by atoms with van der Waals surface area (Å²) in [5.41, 5.74) is 0.898. The van der Waals surface area contributed by atoms with Gasteiger partial charge in [-0.2, -0.15) is 5.10 Å². The highest BCUT2D eigenvalue weighted by Gasteiger charge is 2.10. The molecular formula is C12H15BrN2OS2. The van der Waals surface area contributed by atoms with Gasteiger partial charge in [-0.1, -0.05) is 0 Å². The molecule has 3 nitrogen and oxygen atoms in total. The highest BCUT2D eigenvalue weighted by Crippen LogP contribution is 2.24. The Hall–Kier alpha value is -0.460. The number of hydrogen-bond acceptors (Lipinski definition) is 3. The van der Waals surface area contributed by atoms with Crippen molar-refractivity contribution < 1.29 is 4.21 Å². The number of halogens is 1. The molecule has 0 saturated heterocycles. The Labute approximate surface area is 122 Å². The van der Waals surface area contributed by atoms with Crippen molar-refractivity contribution in [3.8, 4) is 0 Å². The van der Waals surface area contributed by atoms with E-state index in [0.29, 0.717) is 17.5 Å². The summed E-state index contributed by atoms with van der Waals surface area (Å²) < 4.78 is 15.0. The van der Waals surface area contributed by atoms with Crippen molar-refractivity contribution in [2.75, 3.05) is 0 Å². The second-order valence-corrected chi connectivity index (χ2v) is 7.61. The molecule has 0 bridgehead atoms. The van der Waals surface area contributed by atoms with Gasteiger partial charge in [0.05, 0.1) is 17.2 Å². The summed E-state index contributed by atoms with van der Waals surface area (Å²) in [4.78, 5) is 1.14. The van der Waals surface area contributed by atoms with Crippen LogP contribution in [-0.2, 0) is 22.3 Å². The van der Waals surface area contributed by atoms with E-state index in [-0.39, 0.29) is 0 Å². The Kier molecular flexibility index (Phi) is 4.75. The summed E-state index contributed by atoms with van der Waals surface area (Å²) in [6, 6.07) is 4.28.